The van der Waals surface area contributed by atoms with Crippen LogP contribution in [0.25, 0.3) is 22.5 Å². The molecule has 37 heavy (non-hydrogen) atoms. The molecule has 1 aliphatic heterocycles. The zero-order valence-corrected chi connectivity index (χ0v) is 19.7. The summed E-state index contributed by atoms with van der Waals surface area (Å²) in [5, 5.41) is 11.9. The Morgan fingerprint density at radius 2 is 1.81 bits per heavy atom. The van der Waals surface area contributed by atoms with E-state index < -0.39 is 11.7 Å². The van der Waals surface area contributed by atoms with Gasteiger partial charge in [-0.05, 0) is 54.3 Å². The van der Waals surface area contributed by atoms with Crippen LogP contribution in [0.15, 0.2) is 77.3 Å². The fourth-order valence-electron chi connectivity index (χ4n) is 4.39. The third-order valence-electron chi connectivity index (χ3n) is 6.29. The van der Waals surface area contributed by atoms with Crippen LogP contribution in [-0.2, 0) is 12.8 Å². The van der Waals surface area contributed by atoms with Crippen LogP contribution in [-0.4, -0.2) is 27.5 Å². The largest absolute Gasteiger partial charge is 0.488 e. The Balaban J connectivity index is 1.41. The van der Waals surface area contributed by atoms with Crippen molar-refractivity contribution in [2.24, 2.45) is 5.73 Å². The Hall–Kier alpha value is -4.34. The third kappa shape index (κ3) is 5.28. The quantitative estimate of drug-likeness (QED) is 0.244. The van der Waals surface area contributed by atoms with E-state index in [4.69, 9.17) is 20.4 Å². The first-order valence-corrected chi connectivity index (χ1v) is 11.7. The maximum absolute atomic E-state index is 12.9. The fraction of sp³-hybridized carbons (Fsp3) is 0.222. The molecule has 0 aliphatic carbocycles. The van der Waals surface area contributed by atoms with Crippen LogP contribution in [0, 0.1) is 5.41 Å². The average molecular weight is 508 g/mol. The fourth-order valence-corrected chi connectivity index (χ4v) is 4.39. The minimum absolute atomic E-state index is 0.0249. The number of aromatic nitrogens is 2. The molecule has 5 rings (SSSR count). The molecule has 3 N–H and O–H groups in total. The van der Waals surface area contributed by atoms with E-state index >= 15 is 0 Å². The molecule has 0 radical (unpaired) electrons. The van der Waals surface area contributed by atoms with E-state index in [1.54, 1.807) is 17.0 Å². The molecule has 1 aromatic heterocycles. The number of nitrogens with one attached hydrogen (secondary N) is 1. The van der Waals surface area contributed by atoms with Gasteiger partial charge < -0.3 is 19.9 Å². The van der Waals surface area contributed by atoms with Gasteiger partial charge in [0.15, 0.2) is 5.96 Å². The first kappa shape index (κ1) is 24.4. The highest BCUT2D eigenvalue weighted by molar-refractivity contribution is 5.76. The topological polar surface area (TPSA) is 101 Å². The van der Waals surface area contributed by atoms with Gasteiger partial charge >= 0.3 is 6.18 Å². The minimum atomic E-state index is -4.38. The molecule has 0 unspecified atom stereocenters. The lowest BCUT2D eigenvalue weighted by Gasteiger charge is -2.21. The number of alkyl halides is 3. The molecule has 0 bridgehead atoms. The predicted octanol–water partition coefficient (Wildman–Crippen LogP) is 6.03. The monoisotopic (exact) mass is 507 g/mol. The lowest BCUT2D eigenvalue weighted by molar-refractivity contribution is -0.137. The van der Waals surface area contributed by atoms with E-state index in [0.29, 0.717) is 35.1 Å². The van der Waals surface area contributed by atoms with Gasteiger partial charge in [-0.25, -0.2) is 0 Å². The molecule has 1 atom stereocenters. The van der Waals surface area contributed by atoms with Crippen LogP contribution in [0.3, 0.4) is 0 Å². The van der Waals surface area contributed by atoms with E-state index in [9.17, 15) is 13.2 Å². The summed E-state index contributed by atoms with van der Waals surface area (Å²) < 4.78 is 50.2. The number of hydrogen-bond donors (Lipinski definition) is 2. The first-order chi connectivity index (χ1) is 17.8. The van der Waals surface area contributed by atoms with Gasteiger partial charge in [0.1, 0.15) is 18.4 Å². The number of nitrogens with zero attached hydrogens (tertiary/aromatic N) is 3. The van der Waals surface area contributed by atoms with E-state index in [-0.39, 0.29) is 18.6 Å². The summed E-state index contributed by atoms with van der Waals surface area (Å²) in [6, 6.07) is 19.8. The first-order valence-electron chi connectivity index (χ1n) is 11.7. The Kier molecular flexibility index (Phi) is 6.56. The third-order valence-corrected chi connectivity index (χ3v) is 6.29. The van der Waals surface area contributed by atoms with Crippen molar-refractivity contribution in [3.8, 4) is 28.3 Å². The lowest BCUT2D eigenvalue weighted by Crippen LogP contribution is -2.35. The average Bonchev–Trinajstić information content (AvgIpc) is 3.58. The van der Waals surface area contributed by atoms with Gasteiger partial charge in [-0.1, -0.05) is 47.6 Å². The number of nitrogens with two attached hydrogens (primary N) is 1. The van der Waals surface area contributed by atoms with Crippen LogP contribution in [0.1, 0.15) is 35.9 Å². The molecule has 190 valence electrons. The van der Waals surface area contributed by atoms with Crippen molar-refractivity contribution in [3.63, 3.8) is 0 Å². The number of rotatable bonds is 6. The standard InChI is InChI=1S/C27H24F3N5O2/c28-27(29,30)20-11-8-17(9-12-20)16-36-23-13-10-19(15-21(23)18-5-2-1-3-6-18)24-33-25(37-34-24)22-7-4-14-35(22)26(31)32/h1-3,5-6,8-13,15,22H,4,7,14,16H2,(H3,31,32)/t22-/m0/s1. The summed E-state index contributed by atoms with van der Waals surface area (Å²) in [4.78, 5) is 6.32. The van der Waals surface area contributed by atoms with Crippen LogP contribution in [0.5, 0.6) is 5.75 Å². The Bertz CT molecular complexity index is 1390. The van der Waals surface area contributed by atoms with Crippen molar-refractivity contribution in [3.05, 3.63) is 89.8 Å². The molecule has 7 nitrogen and oxygen atoms in total. The van der Waals surface area contributed by atoms with Crippen LogP contribution < -0.4 is 10.5 Å². The molecule has 1 fully saturated rings. The summed E-state index contributed by atoms with van der Waals surface area (Å²) in [7, 11) is 0. The second-order valence-electron chi connectivity index (χ2n) is 8.75. The van der Waals surface area contributed by atoms with Gasteiger partial charge in [-0.3, -0.25) is 5.41 Å². The molecular weight excluding hydrogens is 483 g/mol. The molecular formula is C27H24F3N5O2. The predicted molar refractivity (Wildman–Crippen MR) is 132 cm³/mol. The molecule has 0 saturated carbocycles. The van der Waals surface area contributed by atoms with Crippen molar-refractivity contribution < 1.29 is 22.4 Å². The van der Waals surface area contributed by atoms with Gasteiger partial charge in [0, 0.05) is 17.7 Å². The lowest BCUT2D eigenvalue weighted by atomic mass is 10.0. The number of likely N-dealkylation sites (tertiary alicyclic amines) is 1. The summed E-state index contributed by atoms with van der Waals surface area (Å²) >= 11 is 0. The maximum Gasteiger partial charge on any atom is 0.416 e. The van der Waals surface area contributed by atoms with E-state index in [1.165, 1.54) is 12.1 Å². The van der Waals surface area contributed by atoms with E-state index in [2.05, 4.69) is 10.1 Å². The normalized spacial score (nSPS) is 15.6. The summed E-state index contributed by atoms with van der Waals surface area (Å²) in [5.74, 6) is 1.35. The Morgan fingerprint density at radius 3 is 2.51 bits per heavy atom. The van der Waals surface area contributed by atoms with Gasteiger partial charge in [0.2, 0.25) is 11.7 Å². The molecule has 1 aliphatic rings. The van der Waals surface area contributed by atoms with Gasteiger partial charge in [-0.2, -0.15) is 18.2 Å². The number of guanidine groups is 1. The van der Waals surface area contributed by atoms with Crippen LogP contribution in [0.4, 0.5) is 13.2 Å². The highest BCUT2D eigenvalue weighted by Gasteiger charge is 2.32. The Labute approximate surface area is 211 Å². The van der Waals surface area contributed by atoms with Gasteiger partial charge in [0.05, 0.1) is 5.56 Å². The summed E-state index contributed by atoms with van der Waals surface area (Å²) in [5.41, 5.74) is 8.00. The number of benzene rings is 3. The second-order valence-corrected chi connectivity index (χ2v) is 8.75. The Morgan fingerprint density at radius 1 is 1.05 bits per heavy atom. The second kappa shape index (κ2) is 9.96. The van der Waals surface area contributed by atoms with Crippen molar-refractivity contribution in [1.29, 1.82) is 5.41 Å². The van der Waals surface area contributed by atoms with Gasteiger partial charge in [0.25, 0.3) is 0 Å². The number of halogens is 3. The molecule has 0 spiro atoms. The van der Waals surface area contributed by atoms with Crippen molar-refractivity contribution >= 4 is 5.96 Å². The van der Waals surface area contributed by atoms with E-state index in [1.807, 2.05) is 36.4 Å². The van der Waals surface area contributed by atoms with Crippen molar-refractivity contribution in [1.82, 2.24) is 15.0 Å². The summed E-state index contributed by atoms with van der Waals surface area (Å²) in [6.45, 7) is 0.771. The SMILES string of the molecule is N=C(N)N1CCC[C@H]1c1nc(-c2ccc(OCc3ccc(C(F)(F)F)cc3)c(-c3ccccc3)c2)no1. The molecule has 4 aromatic rings. The molecule has 2 heterocycles. The number of ether oxygens (including phenoxy) is 1. The molecule has 10 heteroatoms. The zero-order chi connectivity index (χ0) is 26.0. The highest BCUT2D eigenvalue weighted by atomic mass is 19.4. The zero-order valence-electron chi connectivity index (χ0n) is 19.7. The summed E-state index contributed by atoms with van der Waals surface area (Å²) in [6.07, 6.45) is -2.73. The van der Waals surface area contributed by atoms with E-state index in [0.717, 1.165) is 36.1 Å². The van der Waals surface area contributed by atoms with Crippen molar-refractivity contribution in [2.45, 2.75) is 31.7 Å². The van der Waals surface area contributed by atoms with Crippen LogP contribution in [0.2, 0.25) is 0 Å². The maximum atomic E-state index is 12.9. The minimum Gasteiger partial charge on any atom is -0.488 e. The van der Waals surface area contributed by atoms with Crippen LogP contribution >= 0.6 is 0 Å². The smallest absolute Gasteiger partial charge is 0.416 e. The molecule has 1 saturated heterocycles. The molecule has 3 aromatic carbocycles. The van der Waals surface area contributed by atoms with Crippen molar-refractivity contribution in [2.75, 3.05) is 6.54 Å². The highest BCUT2D eigenvalue weighted by Crippen LogP contribution is 2.36. The number of hydrogen-bond acceptors (Lipinski definition) is 5. The molecule has 0 amide bonds. The van der Waals surface area contributed by atoms with Gasteiger partial charge in [-0.15, -0.1) is 0 Å².